The van der Waals surface area contributed by atoms with Crippen LogP contribution < -0.4 is 49.2 Å². The van der Waals surface area contributed by atoms with Crippen molar-refractivity contribution in [2.24, 2.45) is 0 Å². The van der Waals surface area contributed by atoms with Crippen molar-refractivity contribution < 1.29 is 53.8 Å². The summed E-state index contributed by atoms with van der Waals surface area (Å²) < 4.78 is 5.17. The summed E-state index contributed by atoms with van der Waals surface area (Å²) >= 11 is 0. The Balaban J connectivity index is 0.00000968. The van der Waals surface area contributed by atoms with E-state index in [0.717, 1.165) is 24.3 Å². The summed E-state index contributed by atoms with van der Waals surface area (Å²) in [6.45, 7) is 4.28. The van der Waals surface area contributed by atoms with Gasteiger partial charge in [-0.2, -0.15) is 0 Å². The minimum atomic E-state index is -1.37. The van der Waals surface area contributed by atoms with Crippen LogP contribution in [0.25, 0.3) is 0 Å². The Labute approximate surface area is 288 Å². The van der Waals surface area contributed by atoms with E-state index in [1.165, 1.54) is 116 Å². The number of rotatable bonds is 22. The molecule has 2 amide bonds. The van der Waals surface area contributed by atoms with Crippen LogP contribution in [0.5, 0.6) is 5.75 Å². The number of imide groups is 1. The maximum atomic E-state index is 13.4. The van der Waals surface area contributed by atoms with Crippen LogP contribution in [0.3, 0.4) is 0 Å². The van der Waals surface area contributed by atoms with Crippen LogP contribution in [0.15, 0.2) is 42.5 Å². The minimum absolute atomic E-state index is 0. The summed E-state index contributed by atoms with van der Waals surface area (Å²) in [7, 11) is 3.44. The molecule has 0 aliphatic rings. The number of hydrogen-bond acceptors (Lipinski definition) is 6. The van der Waals surface area contributed by atoms with Gasteiger partial charge in [-0.1, -0.05) is 109 Å². The summed E-state index contributed by atoms with van der Waals surface area (Å²) in [5, 5.41) is 11.6. The molecule has 2 aromatic rings. The van der Waals surface area contributed by atoms with Crippen molar-refractivity contribution in [2.45, 2.75) is 117 Å². The zero-order valence-electron chi connectivity index (χ0n) is 28.0. The number of anilines is 2. The van der Waals surface area contributed by atoms with Crippen LogP contribution in [0.4, 0.5) is 11.4 Å². The van der Waals surface area contributed by atoms with E-state index in [-0.39, 0.29) is 40.8 Å². The number of carbonyl (C=O) groups excluding carboxylic acids is 3. The molecule has 0 spiro atoms. The number of unbranched alkanes of at least 4 members (excludes halogenated alkanes) is 15. The van der Waals surface area contributed by atoms with Crippen molar-refractivity contribution in [1.82, 2.24) is 0 Å². The summed E-state index contributed by atoms with van der Waals surface area (Å²) in [5.41, 5.74) is 1.04. The number of carboxylic acids is 1. The molecule has 0 aliphatic carbocycles. The van der Waals surface area contributed by atoms with E-state index in [2.05, 4.69) is 6.92 Å². The topological polar surface area (TPSA) is 90.0 Å². The van der Waals surface area contributed by atoms with Gasteiger partial charge in [-0.15, -0.1) is 0 Å². The third-order valence-corrected chi connectivity index (χ3v) is 8.07. The second-order valence-electron chi connectivity index (χ2n) is 11.6. The van der Waals surface area contributed by atoms with E-state index in [1.807, 2.05) is 11.9 Å². The van der Waals surface area contributed by atoms with E-state index in [9.17, 15) is 19.5 Å². The van der Waals surface area contributed by atoms with Crippen molar-refractivity contribution in [1.29, 1.82) is 0 Å². The maximum absolute atomic E-state index is 13.4. The van der Waals surface area contributed by atoms with Gasteiger partial charge in [-0.05, 0) is 48.4 Å². The third kappa shape index (κ3) is 14.2. The Bertz CT molecular complexity index is 1120. The van der Waals surface area contributed by atoms with Crippen LogP contribution in [-0.4, -0.2) is 38.5 Å². The summed E-state index contributed by atoms with van der Waals surface area (Å²) in [6, 6.07) is 10.9. The summed E-state index contributed by atoms with van der Waals surface area (Å²) in [6.07, 6.45) is 20.8. The van der Waals surface area contributed by atoms with Gasteiger partial charge < -0.3 is 19.5 Å². The number of hydrogen-bond donors (Lipinski definition) is 0. The second-order valence-corrected chi connectivity index (χ2v) is 11.6. The number of methoxy groups -OCH3 is 1. The molecule has 7 nitrogen and oxygen atoms in total. The smallest absolute Gasteiger partial charge is 0.545 e. The van der Waals surface area contributed by atoms with Crippen molar-refractivity contribution in [3.05, 3.63) is 53.6 Å². The number of aromatic carboxylic acids is 1. The Morgan fingerprint density at radius 1 is 0.682 bits per heavy atom. The van der Waals surface area contributed by atoms with Gasteiger partial charge in [0, 0.05) is 26.1 Å². The van der Waals surface area contributed by atoms with E-state index in [4.69, 9.17) is 4.74 Å². The molecule has 0 saturated carbocycles. The minimum Gasteiger partial charge on any atom is -0.545 e. The number of ether oxygens (including phenoxy) is 1. The van der Waals surface area contributed by atoms with E-state index < -0.39 is 17.8 Å². The van der Waals surface area contributed by atoms with Gasteiger partial charge in [0.05, 0.1) is 24.5 Å². The van der Waals surface area contributed by atoms with E-state index in [0.29, 0.717) is 17.0 Å². The van der Waals surface area contributed by atoms with Gasteiger partial charge >= 0.3 is 29.6 Å². The first-order valence-corrected chi connectivity index (χ1v) is 16.4. The predicted molar refractivity (Wildman–Crippen MR) is 174 cm³/mol. The molecule has 0 aliphatic heterocycles. The van der Waals surface area contributed by atoms with Crippen LogP contribution in [0.1, 0.15) is 137 Å². The van der Waals surface area contributed by atoms with Crippen molar-refractivity contribution in [3.63, 3.8) is 0 Å². The SMILES string of the molecule is CCCCCCCCCCCCCCCCCCN(C)c1ccc(C(=O)[O-])cc1N(C(C)=O)C(=O)c1ccc(OC)cc1.[Na+]. The Kier molecular flexibility index (Phi) is 20.8. The fraction of sp³-hybridized carbons (Fsp3) is 0.583. The van der Waals surface area contributed by atoms with Gasteiger partial charge in [-0.3, -0.25) is 9.59 Å². The molecule has 0 aromatic heterocycles. The fourth-order valence-corrected chi connectivity index (χ4v) is 5.45. The predicted octanol–water partition coefficient (Wildman–Crippen LogP) is 4.95. The van der Waals surface area contributed by atoms with Crippen molar-refractivity contribution >= 4 is 29.2 Å². The molecule has 0 saturated heterocycles. The molecule has 0 atom stereocenters. The second kappa shape index (κ2) is 23.1. The van der Waals surface area contributed by atoms with E-state index in [1.54, 1.807) is 30.3 Å². The molecule has 2 aromatic carbocycles. The number of carbonyl (C=O) groups is 3. The van der Waals surface area contributed by atoms with Crippen LogP contribution in [0, 0.1) is 0 Å². The van der Waals surface area contributed by atoms with Crippen LogP contribution in [0.2, 0.25) is 0 Å². The van der Waals surface area contributed by atoms with Crippen molar-refractivity contribution in [3.8, 4) is 5.75 Å². The number of benzene rings is 2. The number of carboxylic acid groups (broad SMARTS) is 1. The van der Waals surface area contributed by atoms with Gasteiger partial charge in [0.1, 0.15) is 5.75 Å². The van der Waals surface area contributed by atoms with Gasteiger partial charge in [0.25, 0.3) is 5.91 Å². The molecule has 238 valence electrons. The largest absolute Gasteiger partial charge is 1.00 e. The zero-order chi connectivity index (χ0) is 31.5. The normalized spacial score (nSPS) is 10.6. The molecule has 8 heteroatoms. The molecule has 0 fully saturated rings. The Morgan fingerprint density at radius 2 is 1.14 bits per heavy atom. The average Bonchev–Trinajstić information content (AvgIpc) is 3.00. The molecule has 0 radical (unpaired) electrons. The number of nitrogens with zero attached hydrogens (tertiary/aromatic N) is 2. The van der Waals surface area contributed by atoms with Crippen LogP contribution >= 0.6 is 0 Å². The zero-order valence-corrected chi connectivity index (χ0v) is 30.0. The Morgan fingerprint density at radius 3 is 1.57 bits per heavy atom. The molecule has 0 unspecified atom stereocenters. The monoisotopic (exact) mass is 616 g/mol. The first-order valence-electron chi connectivity index (χ1n) is 16.4. The summed E-state index contributed by atoms with van der Waals surface area (Å²) in [5.74, 6) is -1.83. The van der Waals surface area contributed by atoms with Gasteiger partial charge in [-0.25, -0.2) is 4.90 Å². The summed E-state index contributed by atoms with van der Waals surface area (Å²) in [4.78, 5) is 40.9. The molecule has 2 rings (SSSR count). The standard InChI is InChI=1S/C36H54N2O5.Na/c1-5-6-7-8-9-10-11-12-13-14-15-16-17-18-19-20-27-37(3)33-26-23-31(36(41)42)28-34(33)38(29(2)39)35(40)30-21-24-32(43-4)25-22-30;/h21-26,28H,5-20,27H2,1-4H3,(H,41,42);/q;+1/p-1. The fourth-order valence-electron chi connectivity index (χ4n) is 5.45. The first-order chi connectivity index (χ1) is 20.8. The molecule has 44 heavy (non-hydrogen) atoms. The quantitative estimate of drug-likeness (QED) is 0.137. The van der Waals surface area contributed by atoms with E-state index >= 15 is 0 Å². The molecule has 0 heterocycles. The van der Waals surface area contributed by atoms with Gasteiger partial charge in [0.2, 0.25) is 5.91 Å². The molecular weight excluding hydrogens is 563 g/mol. The number of amides is 2. The van der Waals surface area contributed by atoms with Crippen LogP contribution in [-0.2, 0) is 4.79 Å². The van der Waals surface area contributed by atoms with Crippen molar-refractivity contribution in [2.75, 3.05) is 30.5 Å². The molecular formula is C36H53N2NaO5. The molecule has 0 N–H and O–H groups in total. The first kappa shape index (κ1) is 39.7. The Hall–Kier alpha value is -2.35. The average molecular weight is 617 g/mol. The van der Waals surface area contributed by atoms with Gasteiger partial charge in [0.15, 0.2) is 0 Å². The molecule has 0 bridgehead atoms. The maximum Gasteiger partial charge on any atom is 1.00 e. The third-order valence-electron chi connectivity index (χ3n) is 8.07.